The zero-order chi connectivity index (χ0) is 14.5. The number of rotatable bonds is 5. The highest BCUT2D eigenvalue weighted by molar-refractivity contribution is 8.06. The van der Waals surface area contributed by atoms with Gasteiger partial charge in [0.25, 0.3) is 5.69 Å². The second kappa shape index (κ2) is 6.85. The molecule has 1 aliphatic rings. The van der Waals surface area contributed by atoms with Crippen molar-refractivity contribution in [3.05, 3.63) is 33.9 Å². The van der Waals surface area contributed by atoms with E-state index in [0.29, 0.717) is 10.9 Å². The fourth-order valence-electron chi connectivity index (χ4n) is 1.86. The van der Waals surface area contributed by atoms with Crippen LogP contribution in [0.15, 0.2) is 18.2 Å². The van der Waals surface area contributed by atoms with Crippen LogP contribution in [0, 0.1) is 10.1 Å². The zero-order valence-electron chi connectivity index (χ0n) is 10.6. The number of nitro benzene ring substituents is 1. The van der Waals surface area contributed by atoms with E-state index in [9.17, 15) is 14.9 Å². The van der Waals surface area contributed by atoms with Crippen molar-refractivity contribution in [2.24, 2.45) is 0 Å². The number of carboxylic acid groups (broad SMARTS) is 1. The minimum atomic E-state index is -1.29. The Morgan fingerprint density at radius 1 is 1.50 bits per heavy atom. The van der Waals surface area contributed by atoms with Gasteiger partial charge in [-0.25, -0.2) is 4.79 Å². The van der Waals surface area contributed by atoms with Gasteiger partial charge in [-0.3, -0.25) is 10.1 Å². The third-order valence-electron chi connectivity index (χ3n) is 2.84. The van der Waals surface area contributed by atoms with Crippen LogP contribution in [0.3, 0.4) is 0 Å². The minimum absolute atomic E-state index is 0.286. The first-order valence-corrected chi connectivity index (χ1v) is 8.23. The fourth-order valence-corrected chi connectivity index (χ4v) is 4.47. The first-order chi connectivity index (χ1) is 9.58. The van der Waals surface area contributed by atoms with Gasteiger partial charge in [0.05, 0.1) is 4.92 Å². The number of nitrogens with one attached hydrogen (secondary N) is 1. The summed E-state index contributed by atoms with van der Waals surface area (Å²) >= 11 is 3.80. The normalized spacial score (nSPS) is 18.5. The molecule has 2 N–H and O–H groups in total. The summed E-state index contributed by atoms with van der Waals surface area (Å²) in [6.45, 7) is 0.731. The number of aromatic carboxylic acids is 1. The van der Waals surface area contributed by atoms with Gasteiger partial charge in [-0.1, -0.05) is 0 Å². The second-order valence-corrected chi connectivity index (χ2v) is 6.80. The maximum absolute atomic E-state index is 11.0. The number of benzene rings is 1. The molecule has 0 spiro atoms. The van der Waals surface area contributed by atoms with E-state index in [1.807, 2.05) is 23.5 Å². The maximum Gasteiger partial charge on any atom is 0.342 e. The summed E-state index contributed by atoms with van der Waals surface area (Å²) in [5.74, 6) is 2.07. The summed E-state index contributed by atoms with van der Waals surface area (Å²) < 4.78 is 0. The fraction of sp³-hybridized carbons (Fsp3) is 0.417. The molecule has 0 radical (unpaired) electrons. The predicted octanol–water partition coefficient (Wildman–Crippen LogP) is 2.55. The third kappa shape index (κ3) is 3.80. The van der Waals surface area contributed by atoms with E-state index in [-0.39, 0.29) is 11.3 Å². The van der Waals surface area contributed by atoms with Crippen LogP contribution in [0.5, 0.6) is 0 Å². The van der Waals surface area contributed by atoms with Crippen LogP contribution in [0.4, 0.5) is 11.4 Å². The van der Waals surface area contributed by atoms with Crippen molar-refractivity contribution in [3.8, 4) is 0 Å². The highest BCUT2D eigenvalue weighted by Crippen LogP contribution is 2.26. The van der Waals surface area contributed by atoms with E-state index < -0.39 is 10.9 Å². The topological polar surface area (TPSA) is 92.5 Å². The van der Waals surface area contributed by atoms with Gasteiger partial charge < -0.3 is 10.4 Å². The van der Waals surface area contributed by atoms with E-state index in [2.05, 4.69) is 5.32 Å². The standard InChI is InChI=1S/C12H14N2O4S2/c15-12(16)10-5-8(1-2-11(10)14(17)18)13-6-9-7-19-3-4-20-9/h1-2,5,9,13H,3-4,6-7H2,(H,15,16). The van der Waals surface area contributed by atoms with Crippen molar-refractivity contribution in [3.63, 3.8) is 0 Å². The van der Waals surface area contributed by atoms with Crippen LogP contribution >= 0.6 is 23.5 Å². The number of nitro groups is 1. The monoisotopic (exact) mass is 314 g/mol. The number of carboxylic acids is 1. The van der Waals surface area contributed by atoms with Gasteiger partial charge in [0.1, 0.15) is 5.56 Å². The van der Waals surface area contributed by atoms with Gasteiger partial charge in [-0.2, -0.15) is 23.5 Å². The molecule has 8 heteroatoms. The van der Waals surface area contributed by atoms with E-state index in [0.717, 1.165) is 18.1 Å². The molecule has 1 aromatic rings. The summed E-state index contributed by atoms with van der Waals surface area (Å²) in [6.07, 6.45) is 0. The van der Waals surface area contributed by atoms with Crippen molar-refractivity contribution >= 4 is 40.9 Å². The van der Waals surface area contributed by atoms with Crippen LogP contribution in [0.25, 0.3) is 0 Å². The SMILES string of the molecule is O=C(O)c1cc(NCC2CSCCS2)ccc1[N+](=O)[O-]. The molecule has 1 aromatic carbocycles. The molecule has 0 saturated carbocycles. The molecule has 108 valence electrons. The van der Waals surface area contributed by atoms with Gasteiger partial charge in [0.15, 0.2) is 0 Å². The van der Waals surface area contributed by atoms with Gasteiger partial charge >= 0.3 is 5.97 Å². The molecule has 6 nitrogen and oxygen atoms in total. The summed E-state index contributed by atoms with van der Waals surface area (Å²) in [7, 11) is 0. The van der Waals surface area contributed by atoms with Crippen molar-refractivity contribution in [2.45, 2.75) is 5.25 Å². The summed E-state index contributed by atoms with van der Waals surface area (Å²) in [5, 5.41) is 23.4. The first-order valence-electron chi connectivity index (χ1n) is 6.03. The lowest BCUT2D eigenvalue weighted by Gasteiger charge is -2.21. The lowest BCUT2D eigenvalue weighted by molar-refractivity contribution is -0.385. The van der Waals surface area contributed by atoms with Crippen molar-refractivity contribution in [1.82, 2.24) is 0 Å². The summed E-state index contributed by atoms with van der Waals surface area (Å²) in [4.78, 5) is 21.1. The van der Waals surface area contributed by atoms with E-state index in [1.165, 1.54) is 17.9 Å². The summed E-state index contributed by atoms with van der Waals surface area (Å²) in [6, 6.07) is 4.10. The van der Waals surface area contributed by atoms with Gasteiger partial charge in [-0.05, 0) is 12.1 Å². The number of nitrogens with zero attached hydrogens (tertiary/aromatic N) is 1. The highest BCUT2D eigenvalue weighted by Gasteiger charge is 2.20. The van der Waals surface area contributed by atoms with E-state index >= 15 is 0 Å². The summed E-state index contributed by atoms with van der Waals surface area (Å²) in [5.41, 5.74) is -0.0690. The molecule has 1 aliphatic heterocycles. The molecular weight excluding hydrogens is 300 g/mol. The number of hydrogen-bond acceptors (Lipinski definition) is 6. The average Bonchev–Trinajstić information content (AvgIpc) is 2.45. The Kier molecular flexibility index (Phi) is 5.13. The molecule has 0 amide bonds. The Labute approximate surface area is 124 Å². The lowest BCUT2D eigenvalue weighted by atomic mass is 10.1. The number of hydrogen-bond donors (Lipinski definition) is 2. The van der Waals surface area contributed by atoms with E-state index in [4.69, 9.17) is 5.11 Å². The molecule has 1 atom stereocenters. The van der Waals surface area contributed by atoms with Gasteiger partial charge in [0.2, 0.25) is 0 Å². The highest BCUT2D eigenvalue weighted by atomic mass is 32.2. The van der Waals surface area contributed by atoms with Crippen molar-refractivity contribution in [2.75, 3.05) is 29.1 Å². The molecular formula is C12H14N2O4S2. The molecule has 0 aromatic heterocycles. The number of thioether (sulfide) groups is 2. The first kappa shape index (κ1) is 15.0. The Morgan fingerprint density at radius 2 is 2.30 bits per heavy atom. The average molecular weight is 314 g/mol. The quantitative estimate of drug-likeness (QED) is 0.637. The zero-order valence-corrected chi connectivity index (χ0v) is 12.2. The minimum Gasteiger partial charge on any atom is -0.477 e. The van der Waals surface area contributed by atoms with Crippen LogP contribution in [-0.4, -0.2) is 45.1 Å². The molecule has 0 aliphatic carbocycles. The van der Waals surface area contributed by atoms with E-state index in [1.54, 1.807) is 6.07 Å². The molecule has 1 heterocycles. The van der Waals surface area contributed by atoms with Crippen molar-refractivity contribution < 1.29 is 14.8 Å². The van der Waals surface area contributed by atoms with Crippen LogP contribution in [0.1, 0.15) is 10.4 Å². The Bertz CT molecular complexity index is 518. The van der Waals surface area contributed by atoms with Gasteiger partial charge in [-0.15, -0.1) is 0 Å². The molecule has 2 rings (SSSR count). The van der Waals surface area contributed by atoms with Crippen LogP contribution in [0.2, 0.25) is 0 Å². The molecule has 1 saturated heterocycles. The number of carbonyl (C=O) groups is 1. The Morgan fingerprint density at radius 3 is 2.90 bits per heavy atom. The molecule has 0 bridgehead atoms. The molecule has 1 fully saturated rings. The Hall–Kier alpha value is -1.41. The lowest BCUT2D eigenvalue weighted by Crippen LogP contribution is -2.23. The molecule has 1 unspecified atom stereocenters. The Balaban J connectivity index is 2.06. The largest absolute Gasteiger partial charge is 0.477 e. The number of anilines is 1. The van der Waals surface area contributed by atoms with Crippen LogP contribution < -0.4 is 5.32 Å². The van der Waals surface area contributed by atoms with Crippen molar-refractivity contribution in [1.29, 1.82) is 0 Å². The molecule has 20 heavy (non-hydrogen) atoms. The maximum atomic E-state index is 11.0. The predicted molar refractivity (Wildman–Crippen MR) is 82.1 cm³/mol. The third-order valence-corrected chi connectivity index (χ3v) is 5.69. The van der Waals surface area contributed by atoms with Crippen LogP contribution in [-0.2, 0) is 0 Å². The smallest absolute Gasteiger partial charge is 0.342 e. The second-order valence-electron chi connectivity index (χ2n) is 4.24. The van der Waals surface area contributed by atoms with Gasteiger partial charge in [0, 0.05) is 40.8 Å².